The van der Waals surface area contributed by atoms with E-state index in [-0.39, 0.29) is 11.8 Å². The second kappa shape index (κ2) is 6.46. The van der Waals surface area contributed by atoms with E-state index in [2.05, 4.69) is 10.3 Å². The van der Waals surface area contributed by atoms with E-state index in [0.29, 0.717) is 28.7 Å². The first-order valence-corrected chi connectivity index (χ1v) is 8.18. The number of nitrogens with one attached hydrogen (secondary N) is 1. The number of carbonyl (C=O) groups excluding carboxylic acids is 2. The summed E-state index contributed by atoms with van der Waals surface area (Å²) < 4.78 is 0. The minimum absolute atomic E-state index is 0.0864. The maximum atomic E-state index is 12.4. The van der Waals surface area contributed by atoms with Crippen molar-refractivity contribution in [2.45, 2.75) is 18.9 Å². The average Bonchev–Trinajstić information content (AvgIpc) is 3.20. The number of aromatic nitrogens is 1. The molecule has 1 saturated heterocycles. The lowest BCUT2D eigenvalue weighted by Crippen LogP contribution is -2.43. The Kier molecular flexibility index (Phi) is 4.40. The lowest BCUT2D eigenvalue weighted by molar-refractivity contribution is -0.119. The standard InChI is InChI=1S/C15H14ClN3O2S/c16-10-5-6-13(17-9-10)18-14(20)11-3-1-7-19(11)15(21)12-4-2-8-22-12/h2,4-6,8-9,11H,1,3,7H2,(H,17,18,20)/t11-/m0/s1. The number of hydrogen-bond donors (Lipinski definition) is 1. The highest BCUT2D eigenvalue weighted by atomic mass is 35.5. The number of nitrogens with zero attached hydrogens (tertiary/aromatic N) is 2. The molecule has 0 bridgehead atoms. The number of halogens is 1. The highest BCUT2D eigenvalue weighted by Gasteiger charge is 2.34. The van der Waals surface area contributed by atoms with Crippen molar-refractivity contribution in [2.24, 2.45) is 0 Å². The molecule has 0 aromatic carbocycles. The Morgan fingerprint density at radius 3 is 2.91 bits per heavy atom. The van der Waals surface area contributed by atoms with Crippen LogP contribution in [0.15, 0.2) is 35.8 Å². The molecule has 2 aromatic rings. The van der Waals surface area contributed by atoms with E-state index < -0.39 is 6.04 Å². The first-order valence-electron chi connectivity index (χ1n) is 6.92. The number of carbonyl (C=O) groups is 2. The van der Waals surface area contributed by atoms with Gasteiger partial charge in [-0.05, 0) is 36.4 Å². The fraction of sp³-hybridized carbons (Fsp3) is 0.267. The van der Waals surface area contributed by atoms with Crippen molar-refractivity contribution in [1.82, 2.24) is 9.88 Å². The first-order chi connectivity index (χ1) is 10.6. The number of anilines is 1. The Morgan fingerprint density at radius 2 is 2.23 bits per heavy atom. The monoisotopic (exact) mass is 335 g/mol. The van der Waals surface area contributed by atoms with Crippen LogP contribution in [0.25, 0.3) is 0 Å². The predicted octanol–water partition coefficient (Wildman–Crippen LogP) is 3.04. The van der Waals surface area contributed by atoms with Gasteiger partial charge in [-0.3, -0.25) is 9.59 Å². The minimum atomic E-state index is -0.452. The van der Waals surface area contributed by atoms with Gasteiger partial charge in [0.05, 0.1) is 9.90 Å². The van der Waals surface area contributed by atoms with Crippen LogP contribution in [0.4, 0.5) is 5.82 Å². The van der Waals surface area contributed by atoms with E-state index in [4.69, 9.17) is 11.6 Å². The van der Waals surface area contributed by atoms with Crippen molar-refractivity contribution in [3.63, 3.8) is 0 Å². The molecular formula is C15H14ClN3O2S. The Balaban J connectivity index is 1.71. The van der Waals surface area contributed by atoms with Crippen LogP contribution in [-0.4, -0.2) is 34.3 Å². The number of pyridine rings is 1. The lowest BCUT2D eigenvalue weighted by Gasteiger charge is -2.23. The smallest absolute Gasteiger partial charge is 0.264 e. The van der Waals surface area contributed by atoms with Crippen LogP contribution >= 0.6 is 22.9 Å². The van der Waals surface area contributed by atoms with E-state index in [0.717, 1.165) is 6.42 Å². The summed E-state index contributed by atoms with van der Waals surface area (Å²) in [6.45, 7) is 0.600. The van der Waals surface area contributed by atoms with E-state index in [1.54, 1.807) is 23.1 Å². The molecular weight excluding hydrogens is 322 g/mol. The van der Waals surface area contributed by atoms with Crippen LogP contribution in [0.2, 0.25) is 5.02 Å². The van der Waals surface area contributed by atoms with E-state index in [1.165, 1.54) is 17.5 Å². The summed E-state index contributed by atoms with van der Waals surface area (Å²) in [4.78, 5) is 31.2. The molecule has 7 heteroatoms. The van der Waals surface area contributed by atoms with Crippen LogP contribution < -0.4 is 5.32 Å². The van der Waals surface area contributed by atoms with Crippen molar-refractivity contribution < 1.29 is 9.59 Å². The molecule has 1 aliphatic heterocycles. The van der Waals surface area contributed by atoms with Crippen molar-refractivity contribution in [3.8, 4) is 0 Å². The highest BCUT2D eigenvalue weighted by molar-refractivity contribution is 7.12. The number of hydrogen-bond acceptors (Lipinski definition) is 4. The van der Waals surface area contributed by atoms with Crippen LogP contribution in [-0.2, 0) is 4.79 Å². The van der Waals surface area contributed by atoms with Gasteiger partial charge in [0, 0.05) is 12.7 Å². The summed E-state index contributed by atoms with van der Waals surface area (Å²) in [5, 5.41) is 5.11. The molecule has 0 saturated carbocycles. The lowest BCUT2D eigenvalue weighted by atomic mass is 10.2. The molecule has 3 heterocycles. The Morgan fingerprint density at radius 1 is 1.36 bits per heavy atom. The molecule has 1 atom stereocenters. The van der Waals surface area contributed by atoms with Gasteiger partial charge in [0.25, 0.3) is 5.91 Å². The zero-order valence-corrected chi connectivity index (χ0v) is 13.2. The molecule has 1 aliphatic rings. The fourth-order valence-electron chi connectivity index (χ4n) is 2.48. The summed E-state index contributed by atoms with van der Waals surface area (Å²) in [5.74, 6) is 0.138. The van der Waals surface area contributed by atoms with Gasteiger partial charge in [0.1, 0.15) is 11.9 Å². The number of likely N-dealkylation sites (tertiary alicyclic amines) is 1. The number of rotatable bonds is 3. The average molecular weight is 336 g/mol. The summed E-state index contributed by atoms with van der Waals surface area (Å²) >= 11 is 7.16. The van der Waals surface area contributed by atoms with Gasteiger partial charge in [0.2, 0.25) is 5.91 Å². The quantitative estimate of drug-likeness (QED) is 0.937. The van der Waals surface area contributed by atoms with E-state index in [1.807, 2.05) is 11.4 Å². The van der Waals surface area contributed by atoms with Crippen LogP contribution in [0.1, 0.15) is 22.5 Å². The van der Waals surface area contributed by atoms with Gasteiger partial charge in [-0.2, -0.15) is 0 Å². The van der Waals surface area contributed by atoms with Crippen molar-refractivity contribution in [1.29, 1.82) is 0 Å². The molecule has 5 nitrogen and oxygen atoms in total. The minimum Gasteiger partial charge on any atom is -0.326 e. The molecule has 114 valence electrons. The van der Waals surface area contributed by atoms with Gasteiger partial charge in [-0.1, -0.05) is 17.7 Å². The predicted molar refractivity (Wildman–Crippen MR) is 86.3 cm³/mol. The van der Waals surface area contributed by atoms with Crippen molar-refractivity contribution >= 4 is 40.6 Å². The first kappa shape index (κ1) is 15.0. The molecule has 0 unspecified atom stereocenters. The zero-order chi connectivity index (χ0) is 15.5. The largest absolute Gasteiger partial charge is 0.326 e. The number of amides is 2. The molecule has 3 rings (SSSR count). The molecule has 1 fully saturated rings. The third-order valence-corrected chi connectivity index (χ3v) is 4.61. The van der Waals surface area contributed by atoms with Gasteiger partial charge in [-0.15, -0.1) is 11.3 Å². The molecule has 2 amide bonds. The molecule has 0 spiro atoms. The topological polar surface area (TPSA) is 62.3 Å². The number of thiophene rings is 1. The van der Waals surface area contributed by atoms with Crippen LogP contribution in [0.3, 0.4) is 0 Å². The Hall–Kier alpha value is -1.92. The molecule has 2 aromatic heterocycles. The van der Waals surface area contributed by atoms with Gasteiger partial charge >= 0.3 is 0 Å². The molecule has 0 radical (unpaired) electrons. The summed E-state index contributed by atoms with van der Waals surface area (Å²) in [7, 11) is 0. The summed E-state index contributed by atoms with van der Waals surface area (Å²) in [6.07, 6.45) is 2.96. The van der Waals surface area contributed by atoms with Gasteiger partial charge in [0.15, 0.2) is 0 Å². The molecule has 22 heavy (non-hydrogen) atoms. The zero-order valence-electron chi connectivity index (χ0n) is 11.7. The van der Waals surface area contributed by atoms with Gasteiger partial charge in [-0.25, -0.2) is 4.98 Å². The van der Waals surface area contributed by atoms with E-state index >= 15 is 0 Å². The summed E-state index contributed by atoms with van der Waals surface area (Å²) in [5.41, 5.74) is 0. The maximum absolute atomic E-state index is 12.4. The summed E-state index contributed by atoms with van der Waals surface area (Å²) in [6, 6.07) is 6.46. The van der Waals surface area contributed by atoms with Crippen molar-refractivity contribution in [2.75, 3.05) is 11.9 Å². The Bertz CT molecular complexity index is 673. The van der Waals surface area contributed by atoms with Crippen molar-refractivity contribution in [3.05, 3.63) is 45.7 Å². The van der Waals surface area contributed by atoms with E-state index in [9.17, 15) is 9.59 Å². The maximum Gasteiger partial charge on any atom is 0.264 e. The normalized spacial score (nSPS) is 17.5. The van der Waals surface area contributed by atoms with Crippen LogP contribution in [0, 0.1) is 0 Å². The SMILES string of the molecule is O=C(Nc1ccc(Cl)cn1)[C@@H]1CCCN1C(=O)c1cccs1. The second-order valence-corrected chi connectivity index (χ2v) is 6.37. The Labute approximate surface area is 136 Å². The molecule has 1 N–H and O–H groups in total. The third kappa shape index (κ3) is 3.13. The fourth-order valence-corrected chi connectivity index (χ4v) is 3.27. The molecule has 0 aliphatic carbocycles. The van der Waals surface area contributed by atoms with Gasteiger partial charge < -0.3 is 10.2 Å². The third-order valence-electron chi connectivity index (χ3n) is 3.53. The van der Waals surface area contributed by atoms with Crippen LogP contribution in [0.5, 0.6) is 0 Å². The highest BCUT2D eigenvalue weighted by Crippen LogP contribution is 2.23. The second-order valence-electron chi connectivity index (χ2n) is 4.98.